The fourth-order valence-electron chi connectivity index (χ4n) is 1.71. The molecule has 102 valence electrons. The summed E-state index contributed by atoms with van der Waals surface area (Å²) in [5.74, 6) is -0.206. The Bertz CT molecular complexity index is 531. The molecule has 2 atom stereocenters. The number of phenols is 1. The van der Waals surface area contributed by atoms with E-state index in [4.69, 9.17) is 0 Å². The molecule has 0 saturated carbocycles. The van der Waals surface area contributed by atoms with Gasteiger partial charge in [-0.25, -0.2) is 0 Å². The van der Waals surface area contributed by atoms with Crippen molar-refractivity contribution in [1.82, 2.24) is 0 Å². The lowest BCUT2D eigenvalue weighted by Crippen LogP contribution is -2.23. The van der Waals surface area contributed by atoms with Crippen molar-refractivity contribution in [3.63, 3.8) is 0 Å². The van der Waals surface area contributed by atoms with Crippen LogP contribution < -0.4 is 5.32 Å². The van der Waals surface area contributed by atoms with Gasteiger partial charge in [0.25, 0.3) is 5.34 Å². The molecular weight excluding hydrogens is 280 g/mol. The molecule has 0 heterocycles. The van der Waals surface area contributed by atoms with Gasteiger partial charge in [-0.3, -0.25) is 4.79 Å². The third kappa shape index (κ3) is 3.63. The van der Waals surface area contributed by atoms with Gasteiger partial charge in [-0.1, -0.05) is 6.30 Å². The normalized spacial score (nSPS) is 14.8. The zero-order valence-corrected chi connectivity index (χ0v) is 12.8. The molecule has 0 saturated heterocycles. The number of nitrogens with one attached hydrogen (secondary N) is 1. The Morgan fingerprint density at radius 1 is 1.58 bits per heavy atom. The van der Waals surface area contributed by atoms with Crippen molar-refractivity contribution < 1.29 is 15.0 Å². The highest BCUT2D eigenvalue weighted by Crippen LogP contribution is 2.47. The van der Waals surface area contributed by atoms with E-state index in [1.54, 1.807) is 12.1 Å². The molecule has 6 heteroatoms. The second-order valence-electron chi connectivity index (χ2n) is 4.31. The highest BCUT2D eigenvalue weighted by atomic mass is 31.1. The Labute approximate surface area is 115 Å². The molecule has 0 aliphatic rings. The third-order valence-electron chi connectivity index (χ3n) is 2.71. The minimum absolute atomic E-state index is 0.00162. The topological polar surface area (TPSA) is 69.6 Å². The second kappa shape index (κ2) is 6.29. The van der Waals surface area contributed by atoms with Crippen LogP contribution in [-0.2, 0) is 10.1 Å². The Morgan fingerprint density at radius 2 is 2.21 bits per heavy atom. The van der Waals surface area contributed by atoms with Gasteiger partial charge in [-0.15, -0.1) is 8.20 Å². The maximum absolute atomic E-state index is 11.1. The van der Waals surface area contributed by atoms with Crippen molar-refractivity contribution >= 4 is 39.9 Å². The predicted molar refractivity (Wildman–Crippen MR) is 85.2 cm³/mol. The van der Waals surface area contributed by atoms with E-state index in [2.05, 4.69) is 17.9 Å². The number of hydrogen-bond donors (Lipinski definition) is 3. The van der Waals surface area contributed by atoms with Crippen LogP contribution in [0.4, 0.5) is 5.69 Å². The molecule has 3 N–H and O–H groups in total. The maximum atomic E-state index is 11.1. The summed E-state index contributed by atoms with van der Waals surface area (Å²) in [6.45, 7) is 3.24. The molecule has 0 aliphatic carbocycles. The number of hydrogen-bond acceptors (Lipinski definition) is 3. The quantitative estimate of drug-likeness (QED) is 0.577. The smallest absolute Gasteiger partial charge is 0.258 e. The summed E-state index contributed by atoms with van der Waals surface area (Å²) in [4.78, 5) is 11.1. The van der Waals surface area contributed by atoms with Crippen molar-refractivity contribution in [3.8, 4) is 5.75 Å². The van der Waals surface area contributed by atoms with Crippen molar-refractivity contribution in [2.75, 3.05) is 18.1 Å². The van der Waals surface area contributed by atoms with Crippen LogP contribution in [0.25, 0.3) is 0 Å². The lowest BCUT2D eigenvalue weighted by atomic mass is 10.1. The van der Waals surface area contributed by atoms with Gasteiger partial charge in [0.15, 0.2) is 0 Å². The summed E-state index contributed by atoms with van der Waals surface area (Å²) in [6.07, 6.45) is 8.03. The molecule has 0 radical (unpaired) electrons. The van der Waals surface area contributed by atoms with Crippen LogP contribution in [0.3, 0.4) is 0 Å². The number of aromatic hydroxyl groups is 1. The number of rotatable bonds is 5. The van der Waals surface area contributed by atoms with E-state index in [1.165, 1.54) is 13.0 Å². The summed E-state index contributed by atoms with van der Waals surface area (Å²) < 4.78 is 0. The first-order valence-electron chi connectivity index (χ1n) is 5.61. The van der Waals surface area contributed by atoms with Crippen LogP contribution in [0, 0.1) is 0 Å². The molecule has 0 aromatic heterocycles. The van der Waals surface area contributed by atoms with Crippen LogP contribution in [0.15, 0.2) is 18.2 Å². The molecule has 4 nitrogen and oxygen atoms in total. The van der Waals surface area contributed by atoms with Gasteiger partial charge in [0, 0.05) is 12.6 Å². The number of carbonyl (C=O) groups is 1. The van der Waals surface area contributed by atoms with E-state index >= 15 is 0 Å². The molecule has 0 bridgehead atoms. The van der Waals surface area contributed by atoms with E-state index in [0.717, 1.165) is 8.20 Å². The van der Waals surface area contributed by atoms with Crippen molar-refractivity contribution in [2.24, 2.45) is 0 Å². The van der Waals surface area contributed by atoms with Crippen LogP contribution in [-0.4, -0.2) is 41.5 Å². The lowest BCUT2D eigenvalue weighted by Gasteiger charge is -2.21. The van der Waals surface area contributed by atoms with Gasteiger partial charge < -0.3 is 15.5 Å². The highest BCUT2D eigenvalue weighted by molar-refractivity contribution is 7.56. The average molecular weight is 298 g/mol. The number of phenolic OH excluding ortho intramolecular Hbond substituents is 1. The van der Waals surface area contributed by atoms with E-state index in [0.29, 0.717) is 17.4 Å². The lowest BCUT2D eigenvalue weighted by molar-refractivity contribution is -0.114. The van der Waals surface area contributed by atoms with E-state index < -0.39 is 12.9 Å². The van der Waals surface area contributed by atoms with Crippen LogP contribution in [0.2, 0.25) is 0 Å². The van der Waals surface area contributed by atoms with Crippen LogP contribution in [0.1, 0.15) is 12.5 Å². The second-order valence-corrected chi connectivity index (χ2v) is 7.21. The van der Waals surface area contributed by atoms with Crippen molar-refractivity contribution in [3.05, 3.63) is 23.8 Å². The molecular formula is C13H18NO3P2+. The minimum Gasteiger partial charge on any atom is -0.507 e. The summed E-state index contributed by atoms with van der Waals surface area (Å²) >= 11 is 0. The SMILES string of the molecule is C=PCC(O)(c1cc(NC(C)=O)ccc1O)[P+](=C)C. The highest BCUT2D eigenvalue weighted by Gasteiger charge is 2.41. The van der Waals surface area contributed by atoms with Gasteiger partial charge in [0.2, 0.25) is 5.91 Å². The zero-order chi connectivity index (χ0) is 14.6. The number of amides is 1. The molecule has 1 aromatic rings. The van der Waals surface area contributed by atoms with Gasteiger partial charge in [-0.05, 0) is 18.2 Å². The fraction of sp³-hybridized carbons (Fsp3) is 0.308. The Balaban J connectivity index is 3.33. The van der Waals surface area contributed by atoms with Crippen molar-refractivity contribution in [2.45, 2.75) is 12.3 Å². The number of aliphatic hydroxyl groups is 1. The van der Waals surface area contributed by atoms with E-state index in [-0.39, 0.29) is 11.7 Å². The monoisotopic (exact) mass is 298 g/mol. The molecule has 0 aliphatic heterocycles. The largest absolute Gasteiger partial charge is 0.507 e. The Morgan fingerprint density at radius 3 is 2.68 bits per heavy atom. The average Bonchev–Trinajstić information content (AvgIpc) is 2.31. The molecule has 2 unspecified atom stereocenters. The first-order valence-corrected chi connectivity index (χ1v) is 8.85. The molecule has 1 rings (SSSR count). The minimum atomic E-state index is -1.21. The van der Waals surface area contributed by atoms with Gasteiger partial charge in [0.05, 0.1) is 24.7 Å². The summed E-state index contributed by atoms with van der Waals surface area (Å²) in [5.41, 5.74) is 0.926. The third-order valence-corrected chi connectivity index (χ3v) is 5.30. The van der Waals surface area contributed by atoms with Gasteiger partial charge in [0.1, 0.15) is 13.3 Å². The molecule has 1 amide bonds. The number of carbonyl (C=O) groups excluding carboxylic acids is 1. The predicted octanol–water partition coefficient (Wildman–Crippen LogP) is 2.42. The van der Waals surface area contributed by atoms with E-state index in [1.807, 2.05) is 6.66 Å². The van der Waals surface area contributed by atoms with Gasteiger partial charge >= 0.3 is 0 Å². The first-order chi connectivity index (χ1) is 8.81. The zero-order valence-electron chi connectivity index (χ0n) is 11.1. The van der Waals surface area contributed by atoms with E-state index in [9.17, 15) is 15.0 Å². The molecule has 0 fully saturated rings. The Hall–Kier alpha value is -1.21. The van der Waals surface area contributed by atoms with Crippen molar-refractivity contribution in [1.29, 1.82) is 0 Å². The number of anilines is 1. The summed E-state index contributed by atoms with van der Waals surface area (Å²) in [6, 6.07) is 4.64. The van der Waals surface area contributed by atoms with Crippen LogP contribution >= 0.6 is 15.7 Å². The summed E-state index contributed by atoms with van der Waals surface area (Å²) in [5, 5.41) is 22.1. The van der Waals surface area contributed by atoms with Gasteiger partial charge in [-0.2, -0.15) is 0 Å². The molecule has 0 spiro atoms. The van der Waals surface area contributed by atoms with Crippen LogP contribution in [0.5, 0.6) is 5.75 Å². The molecule has 19 heavy (non-hydrogen) atoms. The number of benzene rings is 1. The maximum Gasteiger partial charge on any atom is 0.258 e. The molecule has 1 aromatic carbocycles. The fourth-order valence-corrected chi connectivity index (χ4v) is 4.04. The summed E-state index contributed by atoms with van der Waals surface area (Å²) in [7, 11) is -0.225. The first kappa shape index (κ1) is 15.8. The Kier molecular flexibility index (Phi) is 5.25. The standard InChI is InChI=1S/C13H17NO3P2/c1-9(15)14-10-5-6-12(16)11(7-10)13(17,8-18-2)19(3)4/h5-7,17H,2-3,8H2,1,4H3,(H-,14,15,16)/p+1.